The summed E-state index contributed by atoms with van der Waals surface area (Å²) in [5, 5.41) is 14.6. The van der Waals surface area contributed by atoms with E-state index in [0.717, 1.165) is 36.5 Å². The van der Waals surface area contributed by atoms with Crippen molar-refractivity contribution in [1.82, 2.24) is 4.31 Å². The predicted octanol–water partition coefficient (Wildman–Crippen LogP) is 3.69. The lowest BCUT2D eigenvalue weighted by atomic mass is 10.1. The first-order chi connectivity index (χ1) is 12.9. The van der Waals surface area contributed by atoms with Crippen LogP contribution < -0.4 is 5.32 Å². The standard InChI is InChI=1S/C19H23N3O4S/c1-15-7-3-4-8-16(15)14-20-18-10-9-17(13-19(18)22(23)24)27(25,26)21-11-5-2-6-12-21/h3-4,7-10,13,20H,2,5-6,11-12,14H2,1H3. The zero-order valence-corrected chi connectivity index (χ0v) is 16.0. The summed E-state index contributed by atoms with van der Waals surface area (Å²) in [6.07, 6.45) is 2.64. The highest BCUT2D eigenvalue weighted by Gasteiger charge is 2.28. The Morgan fingerprint density at radius 3 is 2.48 bits per heavy atom. The van der Waals surface area contributed by atoms with Crippen molar-refractivity contribution in [2.24, 2.45) is 0 Å². The van der Waals surface area contributed by atoms with Crippen molar-refractivity contribution in [3.05, 3.63) is 63.7 Å². The maximum absolute atomic E-state index is 12.8. The third-order valence-electron chi connectivity index (χ3n) is 4.85. The van der Waals surface area contributed by atoms with Gasteiger partial charge in [0.2, 0.25) is 10.0 Å². The summed E-state index contributed by atoms with van der Waals surface area (Å²) in [6, 6.07) is 11.8. The second kappa shape index (κ2) is 8.06. The zero-order valence-electron chi connectivity index (χ0n) is 15.2. The molecule has 144 valence electrons. The number of piperidine rings is 1. The van der Waals surface area contributed by atoms with Crippen LogP contribution in [0.15, 0.2) is 47.4 Å². The van der Waals surface area contributed by atoms with E-state index < -0.39 is 14.9 Å². The fraction of sp³-hybridized carbons (Fsp3) is 0.368. The first-order valence-electron chi connectivity index (χ1n) is 8.96. The Kier molecular flexibility index (Phi) is 5.76. The SMILES string of the molecule is Cc1ccccc1CNc1ccc(S(=O)(=O)N2CCCCC2)cc1[N+](=O)[O-]. The van der Waals surface area contributed by atoms with E-state index in [1.54, 1.807) is 0 Å². The lowest BCUT2D eigenvalue weighted by molar-refractivity contribution is -0.384. The number of hydrogen-bond donors (Lipinski definition) is 1. The van der Waals surface area contributed by atoms with Gasteiger partial charge in [-0.2, -0.15) is 4.31 Å². The number of benzene rings is 2. The van der Waals surface area contributed by atoms with Crippen molar-refractivity contribution < 1.29 is 13.3 Å². The van der Waals surface area contributed by atoms with Gasteiger partial charge in [0.15, 0.2) is 0 Å². The summed E-state index contributed by atoms with van der Waals surface area (Å²) >= 11 is 0. The van der Waals surface area contributed by atoms with E-state index in [-0.39, 0.29) is 10.6 Å². The van der Waals surface area contributed by atoms with Crippen molar-refractivity contribution in [1.29, 1.82) is 0 Å². The fourth-order valence-corrected chi connectivity index (χ4v) is 4.76. The minimum atomic E-state index is -3.71. The predicted molar refractivity (Wildman–Crippen MR) is 104 cm³/mol. The van der Waals surface area contributed by atoms with Crippen LogP contribution in [0.25, 0.3) is 0 Å². The molecular weight excluding hydrogens is 366 g/mol. The first kappa shape index (κ1) is 19.3. The van der Waals surface area contributed by atoms with E-state index in [1.807, 2.05) is 31.2 Å². The van der Waals surface area contributed by atoms with Crippen LogP contribution in [0.3, 0.4) is 0 Å². The number of hydrogen-bond acceptors (Lipinski definition) is 5. The summed E-state index contributed by atoms with van der Waals surface area (Å²) in [4.78, 5) is 10.9. The van der Waals surface area contributed by atoms with Crippen LogP contribution >= 0.6 is 0 Å². The van der Waals surface area contributed by atoms with Gasteiger partial charge in [-0.15, -0.1) is 0 Å². The molecule has 2 aromatic rings. The molecule has 27 heavy (non-hydrogen) atoms. The Morgan fingerprint density at radius 1 is 1.11 bits per heavy atom. The second-order valence-corrected chi connectivity index (χ2v) is 8.62. The lowest BCUT2D eigenvalue weighted by Gasteiger charge is -2.25. The smallest absolute Gasteiger partial charge is 0.293 e. The number of rotatable bonds is 6. The van der Waals surface area contributed by atoms with Crippen molar-refractivity contribution in [3.8, 4) is 0 Å². The summed E-state index contributed by atoms with van der Waals surface area (Å²) in [5.41, 5.74) is 2.18. The van der Waals surface area contributed by atoms with Crippen LogP contribution in [0, 0.1) is 17.0 Å². The number of anilines is 1. The molecule has 1 aliphatic heterocycles. The number of nitrogens with zero attached hydrogens (tertiary/aromatic N) is 2. The van der Waals surface area contributed by atoms with Gasteiger partial charge < -0.3 is 5.32 Å². The highest BCUT2D eigenvalue weighted by molar-refractivity contribution is 7.89. The van der Waals surface area contributed by atoms with E-state index in [2.05, 4.69) is 5.32 Å². The molecule has 1 saturated heterocycles. The highest BCUT2D eigenvalue weighted by Crippen LogP contribution is 2.30. The molecule has 0 radical (unpaired) electrons. The summed E-state index contributed by atoms with van der Waals surface area (Å²) in [7, 11) is -3.71. The normalized spacial score (nSPS) is 15.4. The minimum Gasteiger partial charge on any atom is -0.375 e. The molecule has 1 heterocycles. The minimum absolute atomic E-state index is 0.0301. The van der Waals surface area contributed by atoms with Crippen LogP contribution in [0.2, 0.25) is 0 Å². The Bertz CT molecular complexity index is 938. The number of aryl methyl sites for hydroxylation is 1. The molecule has 1 aliphatic rings. The van der Waals surface area contributed by atoms with Crippen molar-refractivity contribution in [3.63, 3.8) is 0 Å². The first-order valence-corrected chi connectivity index (χ1v) is 10.4. The van der Waals surface area contributed by atoms with E-state index in [9.17, 15) is 18.5 Å². The molecule has 1 N–H and O–H groups in total. The van der Waals surface area contributed by atoms with E-state index in [1.165, 1.54) is 16.4 Å². The number of nitrogens with one attached hydrogen (secondary N) is 1. The average molecular weight is 389 g/mol. The largest absolute Gasteiger partial charge is 0.375 e. The molecule has 2 aromatic carbocycles. The maximum atomic E-state index is 12.8. The molecule has 0 aromatic heterocycles. The number of nitro groups is 1. The molecule has 0 saturated carbocycles. The maximum Gasteiger partial charge on any atom is 0.293 e. The Balaban J connectivity index is 1.86. The van der Waals surface area contributed by atoms with E-state index >= 15 is 0 Å². The van der Waals surface area contributed by atoms with Crippen LogP contribution in [0.1, 0.15) is 30.4 Å². The topological polar surface area (TPSA) is 92.6 Å². The average Bonchev–Trinajstić information content (AvgIpc) is 2.68. The van der Waals surface area contributed by atoms with Gasteiger partial charge in [0.05, 0.1) is 9.82 Å². The van der Waals surface area contributed by atoms with Crippen molar-refractivity contribution in [2.45, 2.75) is 37.6 Å². The van der Waals surface area contributed by atoms with E-state index in [4.69, 9.17) is 0 Å². The highest BCUT2D eigenvalue weighted by atomic mass is 32.2. The van der Waals surface area contributed by atoms with Crippen LogP contribution in [0.4, 0.5) is 11.4 Å². The summed E-state index contributed by atoms with van der Waals surface area (Å²) in [6.45, 7) is 3.32. The van der Waals surface area contributed by atoms with Gasteiger partial charge in [-0.3, -0.25) is 10.1 Å². The molecule has 8 heteroatoms. The summed E-state index contributed by atoms with van der Waals surface area (Å²) in [5.74, 6) is 0. The van der Waals surface area contributed by atoms with Crippen molar-refractivity contribution >= 4 is 21.4 Å². The van der Waals surface area contributed by atoms with Crippen LogP contribution in [-0.4, -0.2) is 30.7 Å². The molecule has 1 fully saturated rings. The van der Waals surface area contributed by atoms with Crippen molar-refractivity contribution in [2.75, 3.05) is 18.4 Å². The lowest BCUT2D eigenvalue weighted by Crippen LogP contribution is -2.35. The molecule has 0 bridgehead atoms. The van der Waals surface area contributed by atoms with Crippen LogP contribution in [0.5, 0.6) is 0 Å². The molecule has 0 amide bonds. The van der Waals surface area contributed by atoms with Crippen LogP contribution in [-0.2, 0) is 16.6 Å². The fourth-order valence-electron chi connectivity index (χ4n) is 3.23. The summed E-state index contributed by atoms with van der Waals surface area (Å²) < 4.78 is 27.0. The van der Waals surface area contributed by atoms with E-state index in [0.29, 0.717) is 25.3 Å². The monoisotopic (exact) mass is 389 g/mol. The van der Waals surface area contributed by atoms with Gasteiger partial charge in [0, 0.05) is 25.7 Å². The van der Waals surface area contributed by atoms with Gasteiger partial charge in [-0.25, -0.2) is 8.42 Å². The van der Waals surface area contributed by atoms with Gasteiger partial charge >= 0.3 is 0 Å². The van der Waals surface area contributed by atoms with Gasteiger partial charge in [-0.05, 0) is 43.0 Å². The number of sulfonamides is 1. The second-order valence-electron chi connectivity index (χ2n) is 6.68. The Morgan fingerprint density at radius 2 is 1.81 bits per heavy atom. The Labute approximate surface area is 159 Å². The molecule has 7 nitrogen and oxygen atoms in total. The third kappa shape index (κ3) is 4.28. The quantitative estimate of drug-likeness (QED) is 0.601. The Hall–Kier alpha value is -2.45. The van der Waals surface area contributed by atoms with Gasteiger partial charge in [0.25, 0.3) is 5.69 Å². The number of nitro benzene ring substituents is 1. The molecule has 3 rings (SSSR count). The van der Waals surface area contributed by atoms with Gasteiger partial charge in [0.1, 0.15) is 5.69 Å². The molecule has 0 spiro atoms. The molecular formula is C19H23N3O4S. The zero-order chi connectivity index (χ0) is 19.4. The van der Waals surface area contributed by atoms with Gasteiger partial charge in [-0.1, -0.05) is 30.7 Å². The molecule has 0 aliphatic carbocycles. The molecule has 0 unspecified atom stereocenters. The third-order valence-corrected chi connectivity index (χ3v) is 6.74. The molecule has 0 atom stereocenters.